The molecule has 0 saturated heterocycles. The van der Waals surface area contributed by atoms with Crippen LogP contribution in [-0.2, 0) is 12.8 Å². The summed E-state index contributed by atoms with van der Waals surface area (Å²) in [6, 6.07) is 23.5. The number of amides is 2. The topological polar surface area (TPSA) is 40.6 Å². The van der Waals surface area contributed by atoms with E-state index in [0.29, 0.717) is 21.5 Å². The molecule has 0 spiro atoms. The monoisotopic (exact) mass is 478 g/mol. The highest BCUT2D eigenvalue weighted by molar-refractivity contribution is 6.31. The molecule has 35 heavy (non-hydrogen) atoms. The number of anilines is 3. The molecule has 172 valence electrons. The predicted molar refractivity (Wildman–Crippen MR) is 141 cm³/mol. The van der Waals surface area contributed by atoms with Crippen molar-refractivity contribution in [1.82, 2.24) is 4.90 Å². The van der Waals surface area contributed by atoms with E-state index in [1.807, 2.05) is 42.5 Å². The van der Waals surface area contributed by atoms with Gasteiger partial charge in [-0.15, -0.1) is 6.58 Å². The molecule has 1 unspecified atom stereocenters. The lowest BCUT2D eigenvalue weighted by atomic mass is 9.91. The maximum Gasteiger partial charge on any atom is 0.261 e. The Morgan fingerprint density at radius 3 is 2.31 bits per heavy atom. The fraction of sp³-hybridized carbons (Fsp3) is 0.133. The lowest BCUT2D eigenvalue weighted by Crippen LogP contribution is -2.45. The number of benzene rings is 4. The highest BCUT2D eigenvalue weighted by atomic mass is 35.5. The van der Waals surface area contributed by atoms with Gasteiger partial charge in [0.15, 0.2) is 0 Å². The SMILES string of the molecule is C=CC(C)N1C(=O)c2cccc3c(N4c5ccccc5CCc5ccc(Cl)cc54)ccc(c23)C1=O. The van der Waals surface area contributed by atoms with Gasteiger partial charge in [0.2, 0.25) is 0 Å². The first kappa shape index (κ1) is 21.6. The molecular formula is C30H23ClN2O2. The lowest BCUT2D eigenvalue weighted by molar-refractivity contribution is 0.0581. The number of nitrogens with zero attached hydrogens (tertiary/aromatic N) is 2. The summed E-state index contributed by atoms with van der Waals surface area (Å²) in [6.07, 6.45) is 3.42. The Labute approximate surface area is 209 Å². The van der Waals surface area contributed by atoms with Gasteiger partial charge in [0.1, 0.15) is 0 Å². The Hall–Kier alpha value is -3.89. The van der Waals surface area contributed by atoms with Crippen molar-refractivity contribution in [2.24, 2.45) is 0 Å². The van der Waals surface area contributed by atoms with Crippen molar-refractivity contribution in [3.8, 4) is 0 Å². The summed E-state index contributed by atoms with van der Waals surface area (Å²) in [7, 11) is 0. The molecule has 2 aliphatic heterocycles. The number of carbonyl (C=O) groups excluding carboxylic acids is 2. The number of fused-ring (bicyclic) bond motifs is 2. The number of rotatable bonds is 3. The number of hydrogen-bond donors (Lipinski definition) is 0. The van der Waals surface area contributed by atoms with Gasteiger partial charge in [0, 0.05) is 32.6 Å². The minimum atomic E-state index is -0.399. The normalized spacial score (nSPS) is 15.5. The van der Waals surface area contributed by atoms with Gasteiger partial charge in [-0.05, 0) is 67.3 Å². The summed E-state index contributed by atoms with van der Waals surface area (Å²) >= 11 is 6.48. The molecule has 0 bridgehead atoms. The van der Waals surface area contributed by atoms with Gasteiger partial charge in [0.05, 0.1) is 17.4 Å². The maximum atomic E-state index is 13.4. The Morgan fingerprint density at radius 1 is 0.829 bits per heavy atom. The molecule has 6 rings (SSSR count). The molecule has 4 aromatic rings. The van der Waals surface area contributed by atoms with Crippen LogP contribution < -0.4 is 4.90 Å². The smallest absolute Gasteiger partial charge is 0.261 e. The first-order valence-corrected chi connectivity index (χ1v) is 12.1. The highest BCUT2D eigenvalue weighted by Gasteiger charge is 2.36. The number of hydrogen-bond acceptors (Lipinski definition) is 3. The number of aryl methyl sites for hydroxylation is 2. The third-order valence-electron chi connectivity index (χ3n) is 7.09. The average molecular weight is 479 g/mol. The second-order valence-corrected chi connectivity index (χ2v) is 9.49. The summed E-state index contributed by atoms with van der Waals surface area (Å²) in [6.45, 7) is 5.58. The van der Waals surface area contributed by atoms with Crippen molar-refractivity contribution in [2.45, 2.75) is 25.8 Å². The van der Waals surface area contributed by atoms with Crippen molar-refractivity contribution in [3.05, 3.63) is 113 Å². The Morgan fingerprint density at radius 2 is 1.54 bits per heavy atom. The lowest BCUT2D eigenvalue weighted by Gasteiger charge is -2.33. The van der Waals surface area contributed by atoms with Crippen LogP contribution in [0.2, 0.25) is 5.02 Å². The van der Waals surface area contributed by atoms with Crippen molar-refractivity contribution in [2.75, 3.05) is 4.90 Å². The first-order valence-electron chi connectivity index (χ1n) is 11.7. The molecule has 2 heterocycles. The third kappa shape index (κ3) is 3.21. The minimum Gasteiger partial charge on any atom is -0.309 e. The van der Waals surface area contributed by atoms with Gasteiger partial charge < -0.3 is 4.90 Å². The summed E-state index contributed by atoms with van der Waals surface area (Å²) in [5.41, 5.74) is 6.49. The van der Waals surface area contributed by atoms with Crippen molar-refractivity contribution in [1.29, 1.82) is 0 Å². The van der Waals surface area contributed by atoms with Crippen LogP contribution >= 0.6 is 11.6 Å². The zero-order valence-corrected chi connectivity index (χ0v) is 20.0. The molecule has 2 amide bonds. The van der Waals surface area contributed by atoms with E-state index >= 15 is 0 Å². The van der Waals surface area contributed by atoms with Crippen LogP contribution in [0.25, 0.3) is 10.8 Å². The Balaban J connectivity index is 1.66. The molecule has 4 nitrogen and oxygen atoms in total. The maximum absolute atomic E-state index is 13.4. The van der Waals surface area contributed by atoms with Crippen LogP contribution in [0.3, 0.4) is 0 Å². The molecule has 0 aliphatic carbocycles. The summed E-state index contributed by atoms with van der Waals surface area (Å²) in [5.74, 6) is -0.588. The van der Waals surface area contributed by atoms with Crippen molar-refractivity contribution in [3.63, 3.8) is 0 Å². The quantitative estimate of drug-likeness (QED) is 0.230. The predicted octanol–water partition coefficient (Wildman–Crippen LogP) is 7.23. The highest BCUT2D eigenvalue weighted by Crippen LogP contribution is 2.46. The number of para-hydroxylation sites is 1. The van der Waals surface area contributed by atoms with Gasteiger partial charge in [0.25, 0.3) is 11.8 Å². The van der Waals surface area contributed by atoms with E-state index in [1.165, 1.54) is 16.0 Å². The van der Waals surface area contributed by atoms with E-state index in [0.717, 1.165) is 35.3 Å². The number of halogens is 1. The van der Waals surface area contributed by atoms with E-state index in [2.05, 4.69) is 35.7 Å². The molecule has 5 heteroatoms. The molecule has 2 aliphatic rings. The van der Waals surface area contributed by atoms with Crippen LogP contribution in [-0.4, -0.2) is 22.8 Å². The van der Waals surface area contributed by atoms with Gasteiger partial charge in [-0.1, -0.05) is 54.1 Å². The van der Waals surface area contributed by atoms with E-state index in [4.69, 9.17) is 11.6 Å². The van der Waals surface area contributed by atoms with Gasteiger partial charge in [-0.3, -0.25) is 14.5 Å². The fourth-order valence-corrected chi connectivity index (χ4v) is 5.49. The fourth-order valence-electron chi connectivity index (χ4n) is 5.33. The molecule has 1 atom stereocenters. The number of carbonyl (C=O) groups is 2. The van der Waals surface area contributed by atoms with Gasteiger partial charge >= 0.3 is 0 Å². The number of imide groups is 1. The van der Waals surface area contributed by atoms with Crippen LogP contribution in [0, 0.1) is 0 Å². The third-order valence-corrected chi connectivity index (χ3v) is 7.32. The second-order valence-electron chi connectivity index (χ2n) is 9.05. The largest absolute Gasteiger partial charge is 0.309 e. The first-order chi connectivity index (χ1) is 17.0. The molecule has 0 saturated carbocycles. The van der Waals surface area contributed by atoms with E-state index in [1.54, 1.807) is 19.1 Å². The average Bonchev–Trinajstić information content (AvgIpc) is 3.03. The van der Waals surface area contributed by atoms with Crippen molar-refractivity contribution >= 4 is 51.2 Å². The summed E-state index contributed by atoms with van der Waals surface area (Å²) < 4.78 is 0. The molecule has 0 fully saturated rings. The summed E-state index contributed by atoms with van der Waals surface area (Å²) in [5, 5.41) is 2.21. The van der Waals surface area contributed by atoms with E-state index in [-0.39, 0.29) is 11.8 Å². The molecule has 0 N–H and O–H groups in total. The zero-order valence-electron chi connectivity index (χ0n) is 19.3. The Kier molecular flexibility index (Phi) is 5.01. The van der Waals surface area contributed by atoms with Crippen molar-refractivity contribution < 1.29 is 9.59 Å². The van der Waals surface area contributed by atoms with Gasteiger partial charge in [-0.25, -0.2) is 0 Å². The Bertz CT molecular complexity index is 1540. The molecule has 0 aromatic heterocycles. The van der Waals surface area contributed by atoms with E-state index in [9.17, 15) is 9.59 Å². The standard InChI is InChI=1S/C30H23ClN2O2/c1-3-18(2)32-29(34)23-9-6-8-22-26(16-15-24(28(22)23)30(32)35)33-25-10-5-4-7-19(25)11-12-20-13-14-21(31)17-27(20)33/h3-10,13-18H,1,11-12H2,2H3. The summed E-state index contributed by atoms with van der Waals surface area (Å²) in [4.78, 5) is 30.4. The zero-order chi connectivity index (χ0) is 24.3. The molecular weight excluding hydrogens is 456 g/mol. The second kappa shape index (κ2) is 8.10. The van der Waals surface area contributed by atoms with Crippen LogP contribution in [0.1, 0.15) is 38.8 Å². The van der Waals surface area contributed by atoms with Crippen LogP contribution in [0.15, 0.2) is 85.5 Å². The van der Waals surface area contributed by atoms with Crippen LogP contribution in [0.4, 0.5) is 17.1 Å². The van der Waals surface area contributed by atoms with Crippen LogP contribution in [0.5, 0.6) is 0 Å². The van der Waals surface area contributed by atoms with E-state index < -0.39 is 6.04 Å². The minimum absolute atomic E-state index is 0.294. The van der Waals surface area contributed by atoms with Gasteiger partial charge in [-0.2, -0.15) is 0 Å². The molecule has 4 aromatic carbocycles. The molecule has 0 radical (unpaired) electrons.